The maximum absolute atomic E-state index is 13.4. The number of methoxy groups -OCH3 is 2. The van der Waals surface area contributed by atoms with Crippen molar-refractivity contribution in [1.82, 2.24) is 9.55 Å². The molecule has 2 aliphatic heterocycles. The number of fused-ring (bicyclic) bond motifs is 6. The third-order valence-corrected chi connectivity index (χ3v) is 7.92. The molecule has 0 saturated heterocycles. The van der Waals surface area contributed by atoms with Gasteiger partial charge in [-0.3, -0.25) is 4.79 Å². The topological polar surface area (TPSA) is 122 Å². The quantitative estimate of drug-likeness (QED) is 0.298. The Morgan fingerprint density at radius 1 is 1.02 bits per heavy atom. The third kappa shape index (κ3) is 3.78. The van der Waals surface area contributed by atoms with Gasteiger partial charge in [0.15, 0.2) is 16.9 Å². The molecule has 0 bridgehead atoms. The summed E-state index contributed by atoms with van der Waals surface area (Å²) in [7, 11) is 3.18. The van der Waals surface area contributed by atoms with Crippen molar-refractivity contribution in [3.8, 4) is 28.6 Å². The normalized spacial score (nSPS) is 17.2. The third-order valence-electron chi connectivity index (χ3n) is 7.92. The molecule has 0 aliphatic carbocycles. The van der Waals surface area contributed by atoms with E-state index in [0.717, 1.165) is 21.9 Å². The first kappa shape index (κ1) is 25.2. The largest absolute Gasteiger partial charge is 0.497 e. The highest BCUT2D eigenvalue weighted by atomic mass is 16.6. The summed E-state index contributed by atoms with van der Waals surface area (Å²) in [4.78, 5) is 30.6. The number of aliphatic hydroxyl groups is 1. The average molecular weight is 555 g/mol. The van der Waals surface area contributed by atoms with Gasteiger partial charge in [-0.25, -0.2) is 9.78 Å². The highest BCUT2D eigenvalue weighted by Gasteiger charge is 2.45. The fourth-order valence-electron chi connectivity index (χ4n) is 5.70. The molecule has 1 unspecified atom stereocenters. The van der Waals surface area contributed by atoms with Crippen LogP contribution in [0.3, 0.4) is 0 Å². The number of cyclic esters (lactones) is 1. The Labute approximate surface area is 233 Å². The van der Waals surface area contributed by atoms with E-state index in [1.165, 1.54) is 0 Å². The number of ether oxygens (including phenoxy) is 4. The van der Waals surface area contributed by atoms with E-state index in [1.807, 2.05) is 36.4 Å². The van der Waals surface area contributed by atoms with Gasteiger partial charge < -0.3 is 33.0 Å². The molecule has 0 amide bonds. The van der Waals surface area contributed by atoms with E-state index in [-0.39, 0.29) is 25.2 Å². The molecule has 5 aromatic rings. The zero-order valence-electron chi connectivity index (χ0n) is 22.6. The number of aromatic nitrogens is 2. The van der Waals surface area contributed by atoms with Crippen LogP contribution >= 0.6 is 0 Å². The number of nitrogens with zero attached hydrogens (tertiary/aromatic N) is 2. The molecule has 41 heavy (non-hydrogen) atoms. The van der Waals surface area contributed by atoms with Gasteiger partial charge in [0.1, 0.15) is 30.5 Å². The minimum absolute atomic E-state index is 0.0955. The Bertz CT molecular complexity index is 1960. The molecule has 0 radical (unpaired) electrons. The first-order chi connectivity index (χ1) is 19.8. The van der Waals surface area contributed by atoms with Gasteiger partial charge in [0.05, 0.1) is 43.2 Å². The highest BCUT2D eigenvalue weighted by molar-refractivity contribution is 5.87. The lowest BCUT2D eigenvalue weighted by atomic mass is 9.86. The van der Waals surface area contributed by atoms with Gasteiger partial charge in [-0.2, -0.15) is 0 Å². The lowest BCUT2D eigenvalue weighted by Crippen LogP contribution is -2.44. The van der Waals surface area contributed by atoms with Crippen LogP contribution in [0.5, 0.6) is 17.2 Å². The average Bonchev–Trinajstić information content (AvgIpc) is 3.57. The Balaban J connectivity index is 1.20. The number of rotatable bonds is 6. The molecule has 2 aliphatic rings. The van der Waals surface area contributed by atoms with Crippen LogP contribution in [0.25, 0.3) is 33.3 Å². The number of furan rings is 1. The summed E-state index contributed by atoms with van der Waals surface area (Å²) in [6.07, 6.45) is 0.0955. The number of hydrogen-bond acceptors (Lipinski definition) is 9. The van der Waals surface area contributed by atoms with E-state index in [9.17, 15) is 14.7 Å². The minimum Gasteiger partial charge on any atom is -0.497 e. The second kappa shape index (κ2) is 9.10. The molecule has 0 spiro atoms. The summed E-state index contributed by atoms with van der Waals surface area (Å²) in [5.74, 6) is 1.78. The SMILES string of the molecule is CCC1(O)C(=O)OCc2c1cc1n(c2=O)Cc2cc3cc(OCc4cc5cc(OC)cc(OC)c5o4)ccc3nc2-1. The van der Waals surface area contributed by atoms with Gasteiger partial charge in [0, 0.05) is 28.0 Å². The van der Waals surface area contributed by atoms with E-state index >= 15 is 0 Å². The van der Waals surface area contributed by atoms with Crippen molar-refractivity contribution in [1.29, 1.82) is 0 Å². The molecular weight excluding hydrogens is 528 g/mol. The van der Waals surface area contributed by atoms with Crippen molar-refractivity contribution in [2.24, 2.45) is 0 Å². The van der Waals surface area contributed by atoms with E-state index in [2.05, 4.69) is 0 Å². The summed E-state index contributed by atoms with van der Waals surface area (Å²) in [5.41, 5.74) is 1.88. The summed E-state index contributed by atoms with van der Waals surface area (Å²) in [6, 6.07) is 14.8. The zero-order valence-corrected chi connectivity index (χ0v) is 22.6. The molecule has 7 rings (SSSR count). The van der Waals surface area contributed by atoms with Crippen LogP contribution in [0.15, 0.2) is 57.7 Å². The predicted molar refractivity (Wildman–Crippen MR) is 148 cm³/mol. The summed E-state index contributed by atoms with van der Waals surface area (Å²) in [5, 5.41) is 12.8. The Kier molecular flexibility index (Phi) is 5.58. The molecule has 1 N–H and O–H groups in total. The van der Waals surface area contributed by atoms with Crippen molar-refractivity contribution in [3.05, 3.63) is 81.3 Å². The first-order valence-corrected chi connectivity index (χ1v) is 13.2. The number of pyridine rings is 2. The maximum Gasteiger partial charge on any atom is 0.343 e. The molecule has 3 aromatic heterocycles. The molecule has 0 fully saturated rings. The second-order valence-electron chi connectivity index (χ2n) is 10.2. The van der Waals surface area contributed by atoms with Crippen molar-refractivity contribution >= 4 is 27.8 Å². The molecular formula is C31H26N2O8. The summed E-state index contributed by atoms with van der Waals surface area (Å²) < 4.78 is 29.6. The van der Waals surface area contributed by atoms with E-state index < -0.39 is 11.6 Å². The number of carbonyl (C=O) groups is 1. The first-order valence-electron chi connectivity index (χ1n) is 13.2. The van der Waals surface area contributed by atoms with Crippen LogP contribution in [0.2, 0.25) is 0 Å². The monoisotopic (exact) mass is 554 g/mol. The van der Waals surface area contributed by atoms with E-state index in [1.54, 1.807) is 37.8 Å². The van der Waals surface area contributed by atoms with E-state index in [0.29, 0.717) is 57.7 Å². The van der Waals surface area contributed by atoms with Gasteiger partial charge >= 0.3 is 5.97 Å². The number of benzene rings is 2. The second-order valence-corrected chi connectivity index (χ2v) is 10.2. The number of carbonyl (C=O) groups excluding carboxylic acids is 1. The fraction of sp³-hybridized carbons (Fsp3) is 0.258. The number of hydrogen-bond donors (Lipinski definition) is 1. The summed E-state index contributed by atoms with van der Waals surface area (Å²) >= 11 is 0. The Hall–Kier alpha value is -4.83. The standard InChI is InChI=1S/C31H26N2O8/c1-4-31(36)23-12-25-27-18(13-33(25)29(34)22(23)15-40-30(31)35)7-16-8-19(5-6-24(16)32-27)39-14-21-10-17-9-20(37-2)11-26(38-3)28(17)41-21/h5-12,36H,4,13-15H2,1-3H3. The highest BCUT2D eigenvalue weighted by Crippen LogP contribution is 2.39. The molecule has 10 heteroatoms. The van der Waals surface area contributed by atoms with Gasteiger partial charge in [0.25, 0.3) is 5.56 Å². The van der Waals surface area contributed by atoms with Gasteiger partial charge in [-0.15, -0.1) is 0 Å². The Morgan fingerprint density at radius 2 is 1.85 bits per heavy atom. The van der Waals surface area contributed by atoms with Crippen LogP contribution in [0, 0.1) is 0 Å². The zero-order chi connectivity index (χ0) is 28.5. The maximum atomic E-state index is 13.4. The molecule has 0 saturated carbocycles. The lowest BCUT2D eigenvalue weighted by Gasteiger charge is -2.31. The van der Waals surface area contributed by atoms with Crippen LogP contribution in [-0.4, -0.2) is 34.8 Å². The molecule has 2 aromatic carbocycles. The molecule has 208 valence electrons. The molecule has 1 atom stereocenters. The van der Waals surface area contributed by atoms with Crippen molar-refractivity contribution in [2.45, 2.75) is 38.7 Å². The fourth-order valence-corrected chi connectivity index (χ4v) is 5.70. The molecule has 5 heterocycles. The smallest absolute Gasteiger partial charge is 0.343 e. The van der Waals surface area contributed by atoms with Gasteiger partial charge in [0.2, 0.25) is 0 Å². The minimum atomic E-state index is -1.86. The lowest BCUT2D eigenvalue weighted by molar-refractivity contribution is -0.172. The van der Waals surface area contributed by atoms with E-state index in [4.69, 9.17) is 28.3 Å². The van der Waals surface area contributed by atoms with Crippen molar-refractivity contribution < 1.29 is 33.3 Å². The van der Waals surface area contributed by atoms with Crippen LogP contribution < -0.4 is 19.8 Å². The van der Waals surface area contributed by atoms with Gasteiger partial charge in [-0.1, -0.05) is 6.92 Å². The molecule has 10 nitrogen and oxygen atoms in total. The van der Waals surface area contributed by atoms with Crippen LogP contribution in [0.4, 0.5) is 0 Å². The van der Waals surface area contributed by atoms with Crippen LogP contribution in [-0.2, 0) is 34.9 Å². The van der Waals surface area contributed by atoms with Gasteiger partial charge in [-0.05, 0) is 48.9 Å². The number of esters is 1. The Morgan fingerprint density at radius 3 is 2.63 bits per heavy atom. The van der Waals surface area contributed by atoms with Crippen molar-refractivity contribution in [2.75, 3.05) is 14.2 Å². The van der Waals surface area contributed by atoms with Crippen molar-refractivity contribution in [3.63, 3.8) is 0 Å². The summed E-state index contributed by atoms with van der Waals surface area (Å²) in [6.45, 7) is 2.06. The predicted octanol–water partition coefficient (Wildman–Crippen LogP) is 4.42. The van der Waals surface area contributed by atoms with Crippen LogP contribution in [0.1, 0.15) is 35.8 Å².